The number of aliphatic carboxylic acids is 1. The zero-order chi connectivity index (χ0) is 20.0. The Morgan fingerprint density at radius 3 is 2.07 bits per heavy atom. The van der Waals surface area contributed by atoms with Gasteiger partial charge in [0.05, 0.1) is 6.61 Å². The lowest BCUT2D eigenvalue weighted by atomic mass is 9.47. The van der Waals surface area contributed by atoms with E-state index in [1.165, 1.54) is 44.1 Å². The summed E-state index contributed by atoms with van der Waals surface area (Å²) in [6.07, 6.45) is 8.06. The molecule has 0 aliphatic heterocycles. The summed E-state index contributed by atoms with van der Waals surface area (Å²) in [6, 6.07) is 14.3. The largest absolute Gasteiger partial charge is 0.472 e. The molecular formula is C26H26O3. The fraction of sp³-hybridized carbons (Fsp3) is 0.423. The van der Waals surface area contributed by atoms with Crippen LogP contribution in [0.15, 0.2) is 42.5 Å². The van der Waals surface area contributed by atoms with Gasteiger partial charge in [-0.2, -0.15) is 0 Å². The van der Waals surface area contributed by atoms with Crippen molar-refractivity contribution in [1.29, 1.82) is 0 Å². The first-order valence-electron chi connectivity index (χ1n) is 10.6. The van der Waals surface area contributed by atoms with Crippen molar-refractivity contribution in [1.82, 2.24) is 0 Å². The summed E-state index contributed by atoms with van der Waals surface area (Å²) >= 11 is 0. The van der Waals surface area contributed by atoms with E-state index in [0.29, 0.717) is 5.56 Å². The normalized spacial score (nSPS) is 29.3. The van der Waals surface area contributed by atoms with Crippen molar-refractivity contribution < 1.29 is 15.0 Å². The van der Waals surface area contributed by atoms with Crippen LogP contribution in [0.25, 0.3) is 11.1 Å². The Labute approximate surface area is 171 Å². The molecule has 4 aliphatic rings. The van der Waals surface area contributed by atoms with Crippen molar-refractivity contribution >= 4 is 5.97 Å². The Hall–Kier alpha value is -2.57. The van der Waals surface area contributed by atoms with Crippen molar-refractivity contribution in [3.8, 4) is 23.0 Å². The third-order valence-electron chi connectivity index (χ3n) is 7.42. The third kappa shape index (κ3) is 3.36. The number of carboxylic acids is 1. The van der Waals surface area contributed by atoms with Crippen LogP contribution < -0.4 is 0 Å². The Morgan fingerprint density at radius 2 is 1.52 bits per heavy atom. The van der Waals surface area contributed by atoms with Crippen LogP contribution in [0.4, 0.5) is 0 Å². The molecule has 29 heavy (non-hydrogen) atoms. The Bertz CT molecular complexity index is 971. The van der Waals surface area contributed by atoms with Gasteiger partial charge in [-0.25, -0.2) is 4.79 Å². The topological polar surface area (TPSA) is 57.5 Å². The zero-order valence-electron chi connectivity index (χ0n) is 16.5. The first-order chi connectivity index (χ1) is 14.0. The molecule has 0 atom stereocenters. The number of hydrogen-bond donors (Lipinski definition) is 2. The summed E-state index contributed by atoms with van der Waals surface area (Å²) < 4.78 is 0. The molecule has 2 N–H and O–H groups in total. The van der Waals surface area contributed by atoms with Crippen molar-refractivity contribution in [3.63, 3.8) is 0 Å². The van der Waals surface area contributed by atoms with E-state index in [1.807, 2.05) is 24.3 Å². The second kappa shape index (κ2) is 7.04. The van der Waals surface area contributed by atoms with Gasteiger partial charge in [-0.05, 0) is 96.1 Å². The molecule has 4 fully saturated rings. The van der Waals surface area contributed by atoms with Gasteiger partial charge >= 0.3 is 5.97 Å². The second-order valence-electron chi connectivity index (χ2n) is 9.36. The fourth-order valence-corrected chi connectivity index (χ4v) is 6.70. The molecule has 4 aliphatic carbocycles. The average Bonchev–Trinajstić information content (AvgIpc) is 2.71. The highest BCUT2D eigenvalue weighted by Gasteiger charge is 2.52. The summed E-state index contributed by atoms with van der Waals surface area (Å²) in [4.78, 5) is 10.6. The van der Waals surface area contributed by atoms with Crippen LogP contribution >= 0.6 is 0 Å². The maximum absolute atomic E-state index is 10.6. The molecule has 4 bridgehead atoms. The Kier molecular flexibility index (Phi) is 4.48. The summed E-state index contributed by atoms with van der Waals surface area (Å²) in [5.74, 6) is 6.29. The molecule has 0 aromatic heterocycles. The molecule has 6 rings (SSSR count). The summed E-state index contributed by atoms with van der Waals surface area (Å²) in [7, 11) is 0. The van der Waals surface area contributed by atoms with Gasteiger partial charge in [-0.3, -0.25) is 0 Å². The van der Waals surface area contributed by atoms with Crippen LogP contribution in [0, 0.1) is 29.6 Å². The van der Waals surface area contributed by atoms with E-state index in [9.17, 15) is 9.90 Å². The van der Waals surface area contributed by atoms with Crippen LogP contribution in [-0.4, -0.2) is 16.2 Å². The van der Waals surface area contributed by atoms with Gasteiger partial charge in [-0.1, -0.05) is 36.3 Å². The molecule has 148 valence electrons. The van der Waals surface area contributed by atoms with Crippen molar-refractivity contribution in [3.05, 3.63) is 59.2 Å². The van der Waals surface area contributed by atoms with Gasteiger partial charge in [0.2, 0.25) is 0 Å². The van der Waals surface area contributed by atoms with Gasteiger partial charge in [0.25, 0.3) is 0 Å². The lowest BCUT2D eigenvalue weighted by Gasteiger charge is -2.57. The van der Waals surface area contributed by atoms with E-state index in [-0.39, 0.29) is 12.0 Å². The number of aliphatic hydroxyl groups is 1. The molecule has 3 nitrogen and oxygen atoms in total. The highest BCUT2D eigenvalue weighted by atomic mass is 16.4. The summed E-state index contributed by atoms with van der Waals surface area (Å²) in [5, 5.41) is 18.8. The fourth-order valence-electron chi connectivity index (χ4n) is 6.70. The van der Waals surface area contributed by atoms with Crippen molar-refractivity contribution in [2.24, 2.45) is 17.8 Å². The highest BCUT2D eigenvalue weighted by molar-refractivity contribution is 5.87. The van der Waals surface area contributed by atoms with Crippen LogP contribution in [0.1, 0.15) is 55.2 Å². The number of rotatable bonds is 3. The van der Waals surface area contributed by atoms with E-state index in [0.717, 1.165) is 34.4 Å². The van der Waals surface area contributed by atoms with Crippen LogP contribution in [-0.2, 0) is 16.8 Å². The maximum Gasteiger partial charge on any atom is 0.382 e. The Balaban J connectivity index is 1.51. The van der Waals surface area contributed by atoms with Gasteiger partial charge < -0.3 is 10.2 Å². The first kappa shape index (κ1) is 18.5. The average molecular weight is 386 g/mol. The first-order valence-corrected chi connectivity index (χ1v) is 10.6. The minimum atomic E-state index is -1.12. The van der Waals surface area contributed by atoms with Gasteiger partial charge in [-0.15, -0.1) is 0 Å². The number of carboxylic acid groups (broad SMARTS) is 1. The predicted molar refractivity (Wildman–Crippen MR) is 112 cm³/mol. The Morgan fingerprint density at radius 1 is 0.931 bits per heavy atom. The number of carbonyl (C=O) groups is 1. The number of benzene rings is 2. The van der Waals surface area contributed by atoms with E-state index in [1.54, 1.807) is 0 Å². The lowest BCUT2D eigenvalue weighted by molar-refractivity contribution is -0.130. The molecule has 0 radical (unpaired) electrons. The van der Waals surface area contributed by atoms with E-state index in [4.69, 9.17) is 5.11 Å². The number of hydrogen-bond acceptors (Lipinski definition) is 2. The van der Waals surface area contributed by atoms with Crippen LogP contribution in [0.5, 0.6) is 0 Å². The van der Waals surface area contributed by atoms with Gasteiger partial charge in [0, 0.05) is 11.5 Å². The van der Waals surface area contributed by atoms with Gasteiger partial charge in [0.1, 0.15) is 0 Å². The minimum Gasteiger partial charge on any atom is -0.472 e. The lowest BCUT2D eigenvalue weighted by Crippen LogP contribution is -2.49. The SMILES string of the molecule is O=C(O)C#Cc1ccc(-c2ccc(CO)c(C34CC5CC(CC(C5)C3)C4)c2)cc1. The van der Waals surface area contributed by atoms with Crippen LogP contribution in [0.2, 0.25) is 0 Å². The third-order valence-corrected chi connectivity index (χ3v) is 7.42. The highest BCUT2D eigenvalue weighted by Crippen LogP contribution is 2.61. The molecule has 0 saturated heterocycles. The van der Waals surface area contributed by atoms with E-state index < -0.39 is 5.97 Å². The molecule has 2 aromatic carbocycles. The maximum atomic E-state index is 10.6. The number of aliphatic hydroxyl groups excluding tert-OH is 1. The molecule has 0 spiro atoms. The smallest absolute Gasteiger partial charge is 0.382 e. The zero-order valence-corrected chi connectivity index (χ0v) is 16.5. The molecule has 3 heteroatoms. The summed E-state index contributed by atoms with van der Waals surface area (Å²) in [6.45, 7) is 0.0983. The van der Waals surface area contributed by atoms with E-state index in [2.05, 4.69) is 30.0 Å². The monoisotopic (exact) mass is 386 g/mol. The second-order valence-corrected chi connectivity index (χ2v) is 9.36. The van der Waals surface area contributed by atoms with E-state index >= 15 is 0 Å². The molecule has 2 aromatic rings. The summed E-state index contributed by atoms with van der Waals surface area (Å²) in [5.41, 5.74) is 5.65. The molecule has 0 amide bonds. The predicted octanol–water partition coefficient (Wildman–Crippen LogP) is 4.75. The molecule has 4 saturated carbocycles. The molecule has 0 heterocycles. The molecular weight excluding hydrogens is 360 g/mol. The standard InChI is InChI=1S/C26H26O3/c27-16-23-7-6-22(21-4-1-17(2-5-21)3-8-25(28)29)12-24(23)26-13-18-9-19(14-26)11-20(10-18)15-26/h1-2,4-7,12,18-20,27H,9-11,13-16H2,(H,28,29). The van der Waals surface area contributed by atoms with Crippen LogP contribution in [0.3, 0.4) is 0 Å². The minimum absolute atomic E-state index is 0.0983. The quantitative estimate of drug-likeness (QED) is 0.749. The van der Waals surface area contributed by atoms with Gasteiger partial charge in [0.15, 0.2) is 0 Å². The van der Waals surface area contributed by atoms with Crippen molar-refractivity contribution in [2.45, 2.75) is 50.5 Å². The van der Waals surface area contributed by atoms with Crippen molar-refractivity contribution in [2.75, 3.05) is 0 Å². The molecule has 0 unspecified atom stereocenters.